The quantitative estimate of drug-likeness (QED) is 0.843. The molecule has 1 amide bonds. The molecule has 7 heteroatoms. The molecule has 0 radical (unpaired) electrons. The molecule has 1 fully saturated rings. The third-order valence-corrected chi connectivity index (χ3v) is 4.42. The van der Waals surface area contributed by atoms with Crippen LogP contribution in [0.1, 0.15) is 11.3 Å². The van der Waals surface area contributed by atoms with E-state index in [0.29, 0.717) is 35.5 Å². The molecule has 0 spiro atoms. The lowest BCUT2D eigenvalue weighted by Gasteiger charge is -2.35. The van der Waals surface area contributed by atoms with Crippen LogP contribution in [0.25, 0.3) is 0 Å². The van der Waals surface area contributed by atoms with E-state index in [1.54, 1.807) is 17.0 Å². The largest absolute Gasteiger partial charge is 0.345 e. The van der Waals surface area contributed by atoms with Crippen LogP contribution in [0.15, 0.2) is 36.4 Å². The van der Waals surface area contributed by atoms with E-state index in [0.717, 1.165) is 5.56 Å². The standard InChI is InChI=1S/C17H14Cl2N4O/c18-13-3-1-12(2-4-13)10-23-8-7-22(11-17(23)24)16-6-5-14(19)15(9-20)21-16/h1-6H,7-8,10-11H2. The molecule has 1 aromatic heterocycles. The molecule has 1 aliphatic rings. The van der Waals surface area contributed by atoms with Crippen LogP contribution < -0.4 is 4.90 Å². The van der Waals surface area contributed by atoms with Gasteiger partial charge in [-0.3, -0.25) is 4.79 Å². The van der Waals surface area contributed by atoms with Crippen LogP contribution in [0.4, 0.5) is 5.82 Å². The number of halogens is 2. The van der Waals surface area contributed by atoms with Crippen LogP contribution in [-0.4, -0.2) is 35.4 Å². The number of pyridine rings is 1. The van der Waals surface area contributed by atoms with Gasteiger partial charge < -0.3 is 9.80 Å². The molecule has 0 aliphatic carbocycles. The molecule has 0 unspecified atom stereocenters. The fourth-order valence-electron chi connectivity index (χ4n) is 2.57. The highest BCUT2D eigenvalue weighted by atomic mass is 35.5. The van der Waals surface area contributed by atoms with Gasteiger partial charge in [-0.1, -0.05) is 35.3 Å². The molecule has 3 rings (SSSR count). The first kappa shape index (κ1) is 16.6. The summed E-state index contributed by atoms with van der Waals surface area (Å²) in [5, 5.41) is 10.0. The van der Waals surface area contributed by atoms with Crippen molar-refractivity contribution >= 4 is 34.9 Å². The van der Waals surface area contributed by atoms with Crippen molar-refractivity contribution in [2.45, 2.75) is 6.54 Å². The zero-order chi connectivity index (χ0) is 17.1. The SMILES string of the molecule is N#Cc1nc(N2CCN(Cc3ccc(Cl)cc3)C(=O)C2)ccc1Cl. The molecular formula is C17H14Cl2N4O. The molecule has 0 bridgehead atoms. The first-order chi connectivity index (χ1) is 11.6. The number of carbonyl (C=O) groups is 1. The molecular weight excluding hydrogens is 347 g/mol. The van der Waals surface area contributed by atoms with E-state index < -0.39 is 0 Å². The molecule has 0 atom stereocenters. The number of hydrogen-bond acceptors (Lipinski definition) is 4. The normalized spacial score (nSPS) is 14.6. The van der Waals surface area contributed by atoms with Gasteiger partial charge in [0.1, 0.15) is 11.9 Å². The van der Waals surface area contributed by atoms with Gasteiger partial charge in [-0.25, -0.2) is 4.98 Å². The number of aromatic nitrogens is 1. The molecule has 1 saturated heterocycles. The van der Waals surface area contributed by atoms with Crippen molar-refractivity contribution in [3.05, 3.63) is 57.7 Å². The first-order valence-corrected chi connectivity index (χ1v) is 8.16. The summed E-state index contributed by atoms with van der Waals surface area (Å²) < 4.78 is 0. The summed E-state index contributed by atoms with van der Waals surface area (Å²) >= 11 is 11.8. The molecule has 2 aromatic rings. The summed E-state index contributed by atoms with van der Waals surface area (Å²) in [6.07, 6.45) is 0. The Hall–Kier alpha value is -2.29. The Morgan fingerprint density at radius 1 is 1.12 bits per heavy atom. The maximum Gasteiger partial charge on any atom is 0.242 e. The van der Waals surface area contributed by atoms with Crippen molar-refractivity contribution in [3.8, 4) is 6.07 Å². The lowest BCUT2D eigenvalue weighted by Crippen LogP contribution is -2.50. The van der Waals surface area contributed by atoms with E-state index in [-0.39, 0.29) is 18.1 Å². The average molecular weight is 361 g/mol. The second kappa shape index (κ2) is 7.08. The number of carbonyl (C=O) groups excluding carboxylic acids is 1. The van der Waals surface area contributed by atoms with Gasteiger partial charge in [-0.15, -0.1) is 0 Å². The maximum atomic E-state index is 12.4. The van der Waals surface area contributed by atoms with Gasteiger partial charge in [0.25, 0.3) is 0 Å². The maximum absolute atomic E-state index is 12.4. The van der Waals surface area contributed by atoms with Crippen LogP contribution in [0, 0.1) is 11.3 Å². The van der Waals surface area contributed by atoms with E-state index in [4.69, 9.17) is 28.5 Å². The van der Waals surface area contributed by atoms with Crippen molar-refractivity contribution in [2.24, 2.45) is 0 Å². The summed E-state index contributed by atoms with van der Waals surface area (Å²) in [7, 11) is 0. The summed E-state index contributed by atoms with van der Waals surface area (Å²) in [5.74, 6) is 0.613. The van der Waals surface area contributed by atoms with Gasteiger partial charge in [-0.2, -0.15) is 5.26 Å². The van der Waals surface area contributed by atoms with E-state index in [1.807, 2.05) is 35.2 Å². The van der Waals surface area contributed by atoms with Crippen LogP contribution in [0.2, 0.25) is 10.0 Å². The van der Waals surface area contributed by atoms with E-state index in [9.17, 15) is 4.79 Å². The fourth-order valence-corrected chi connectivity index (χ4v) is 2.84. The monoisotopic (exact) mass is 360 g/mol. The molecule has 1 aliphatic heterocycles. The fraction of sp³-hybridized carbons (Fsp3) is 0.235. The third-order valence-electron chi connectivity index (χ3n) is 3.87. The van der Waals surface area contributed by atoms with E-state index in [2.05, 4.69) is 4.98 Å². The Bertz CT molecular complexity index is 801. The Kier molecular flexibility index (Phi) is 4.89. The summed E-state index contributed by atoms with van der Waals surface area (Å²) in [4.78, 5) is 20.3. The minimum absolute atomic E-state index is 0.0199. The molecule has 1 aromatic carbocycles. The first-order valence-electron chi connectivity index (χ1n) is 7.40. The Morgan fingerprint density at radius 2 is 1.88 bits per heavy atom. The van der Waals surface area contributed by atoms with Gasteiger partial charge in [-0.05, 0) is 29.8 Å². The molecule has 0 saturated carbocycles. The van der Waals surface area contributed by atoms with Crippen LogP contribution >= 0.6 is 23.2 Å². The predicted octanol–water partition coefficient (Wildman–Crippen LogP) is 3.11. The Labute approximate surface area is 150 Å². The minimum Gasteiger partial charge on any atom is -0.345 e. The van der Waals surface area contributed by atoms with Crippen molar-refractivity contribution in [2.75, 3.05) is 24.5 Å². The van der Waals surface area contributed by atoms with Crippen LogP contribution in [0.5, 0.6) is 0 Å². The molecule has 24 heavy (non-hydrogen) atoms. The number of rotatable bonds is 3. The number of amides is 1. The van der Waals surface area contributed by atoms with Crippen molar-refractivity contribution < 1.29 is 4.79 Å². The molecule has 0 N–H and O–H groups in total. The Morgan fingerprint density at radius 3 is 2.54 bits per heavy atom. The molecule has 2 heterocycles. The third kappa shape index (κ3) is 3.61. The smallest absolute Gasteiger partial charge is 0.242 e. The van der Waals surface area contributed by atoms with E-state index >= 15 is 0 Å². The predicted molar refractivity (Wildman–Crippen MR) is 93.0 cm³/mol. The van der Waals surface area contributed by atoms with Crippen LogP contribution in [-0.2, 0) is 11.3 Å². The van der Waals surface area contributed by atoms with Gasteiger partial charge in [0, 0.05) is 24.7 Å². The topological polar surface area (TPSA) is 60.2 Å². The minimum atomic E-state index is 0.0199. The average Bonchev–Trinajstić information content (AvgIpc) is 2.59. The highest BCUT2D eigenvalue weighted by Gasteiger charge is 2.25. The number of benzene rings is 1. The Balaban J connectivity index is 1.68. The lowest BCUT2D eigenvalue weighted by atomic mass is 10.2. The molecule has 122 valence electrons. The summed E-state index contributed by atoms with van der Waals surface area (Å²) in [6.45, 7) is 2.03. The number of nitriles is 1. The van der Waals surface area contributed by atoms with Crippen molar-refractivity contribution in [3.63, 3.8) is 0 Å². The highest BCUT2D eigenvalue weighted by molar-refractivity contribution is 6.31. The van der Waals surface area contributed by atoms with Gasteiger partial charge in [0.15, 0.2) is 5.69 Å². The zero-order valence-electron chi connectivity index (χ0n) is 12.7. The summed E-state index contributed by atoms with van der Waals surface area (Å²) in [6, 6.07) is 12.8. The van der Waals surface area contributed by atoms with Gasteiger partial charge in [0.2, 0.25) is 5.91 Å². The van der Waals surface area contributed by atoms with Gasteiger partial charge >= 0.3 is 0 Å². The lowest BCUT2D eigenvalue weighted by molar-refractivity contribution is -0.131. The number of nitrogens with zero attached hydrogens (tertiary/aromatic N) is 4. The van der Waals surface area contributed by atoms with Gasteiger partial charge in [0.05, 0.1) is 11.6 Å². The van der Waals surface area contributed by atoms with Crippen molar-refractivity contribution in [1.82, 2.24) is 9.88 Å². The number of hydrogen-bond donors (Lipinski definition) is 0. The second-order valence-electron chi connectivity index (χ2n) is 5.47. The van der Waals surface area contributed by atoms with E-state index in [1.165, 1.54) is 0 Å². The van der Waals surface area contributed by atoms with Crippen LogP contribution in [0.3, 0.4) is 0 Å². The number of anilines is 1. The number of piperazine rings is 1. The summed E-state index contributed by atoms with van der Waals surface area (Å²) in [5.41, 5.74) is 1.21. The second-order valence-corrected chi connectivity index (χ2v) is 6.32. The zero-order valence-corrected chi connectivity index (χ0v) is 14.3. The highest BCUT2D eigenvalue weighted by Crippen LogP contribution is 2.21. The van der Waals surface area contributed by atoms with Crippen molar-refractivity contribution in [1.29, 1.82) is 5.26 Å². The molecule has 5 nitrogen and oxygen atoms in total.